The summed E-state index contributed by atoms with van der Waals surface area (Å²) < 4.78 is 0. The van der Waals surface area contributed by atoms with Crippen molar-refractivity contribution in [2.24, 2.45) is 4.99 Å². The third kappa shape index (κ3) is 3.10. The topological polar surface area (TPSA) is 73.5 Å². The summed E-state index contributed by atoms with van der Waals surface area (Å²) in [6.45, 7) is 1.28. The highest BCUT2D eigenvalue weighted by Gasteiger charge is 2.49. The summed E-state index contributed by atoms with van der Waals surface area (Å²) in [7, 11) is -2.59. The molecule has 1 atom stereocenters. The zero-order chi connectivity index (χ0) is 18.9. The highest BCUT2D eigenvalue weighted by atomic mass is 35.5. The summed E-state index contributed by atoms with van der Waals surface area (Å²) in [6, 6.07) is 13.6. The maximum atomic E-state index is 12.8. The second-order valence-electron chi connectivity index (χ2n) is 5.53. The number of para-hydroxylation sites is 1. The number of amidine groups is 1. The van der Waals surface area contributed by atoms with Crippen LogP contribution in [0.15, 0.2) is 58.4 Å². The molecular formula is C18H13Cl2N3O2S. The molecule has 0 saturated carbocycles. The number of hydrogen-bond donors (Lipinski definition) is 0. The molecule has 3 rings (SSSR count). The molecule has 5 nitrogen and oxygen atoms in total. The Kier molecular flexibility index (Phi) is 5.05. The summed E-state index contributed by atoms with van der Waals surface area (Å²) >= 11 is 12.3. The standard InChI is InChI=1S/C18H13Cl2N3O2S/c1-12(24)22-18-23(14-5-3-2-4-6-14)17(25)10-26(18,11-21)16-8-7-13(19)9-15(16)20/h2-9H,10H2,1H3. The number of carbonyl (C=O) groups is 2. The van der Waals surface area contributed by atoms with Crippen LogP contribution in [0.5, 0.6) is 0 Å². The quantitative estimate of drug-likeness (QED) is 0.685. The van der Waals surface area contributed by atoms with Gasteiger partial charge in [0.05, 0.1) is 16.5 Å². The maximum Gasteiger partial charge on any atom is 0.244 e. The summed E-state index contributed by atoms with van der Waals surface area (Å²) in [5.74, 6) is -0.891. The Hall–Kier alpha value is -2.33. The second-order valence-corrected chi connectivity index (χ2v) is 9.13. The van der Waals surface area contributed by atoms with Crippen molar-refractivity contribution in [3.8, 4) is 5.40 Å². The fourth-order valence-electron chi connectivity index (χ4n) is 2.73. The highest BCUT2D eigenvalue weighted by Crippen LogP contribution is 2.63. The monoisotopic (exact) mass is 405 g/mol. The molecule has 0 aliphatic carbocycles. The van der Waals surface area contributed by atoms with Crippen LogP contribution in [-0.2, 0) is 9.59 Å². The number of anilines is 1. The van der Waals surface area contributed by atoms with Crippen LogP contribution in [0.1, 0.15) is 6.92 Å². The fraction of sp³-hybridized carbons (Fsp3) is 0.111. The van der Waals surface area contributed by atoms with Crippen LogP contribution in [0.4, 0.5) is 5.69 Å². The van der Waals surface area contributed by atoms with Crippen molar-refractivity contribution in [2.75, 3.05) is 10.7 Å². The third-order valence-electron chi connectivity index (χ3n) is 3.79. The number of hydrogen-bond acceptors (Lipinski definition) is 3. The molecule has 1 unspecified atom stereocenters. The van der Waals surface area contributed by atoms with Gasteiger partial charge < -0.3 is 0 Å². The number of aliphatic imine (C=N–C) groups is 1. The van der Waals surface area contributed by atoms with Crippen molar-refractivity contribution < 1.29 is 9.59 Å². The van der Waals surface area contributed by atoms with E-state index in [9.17, 15) is 14.9 Å². The van der Waals surface area contributed by atoms with Gasteiger partial charge in [-0.3, -0.25) is 14.5 Å². The average Bonchev–Trinajstić information content (AvgIpc) is 2.87. The van der Waals surface area contributed by atoms with E-state index in [1.54, 1.807) is 36.4 Å². The van der Waals surface area contributed by atoms with Crippen LogP contribution in [0.3, 0.4) is 0 Å². The van der Waals surface area contributed by atoms with Gasteiger partial charge in [-0.1, -0.05) is 51.4 Å². The Balaban J connectivity index is 2.27. The van der Waals surface area contributed by atoms with Crippen molar-refractivity contribution in [2.45, 2.75) is 11.8 Å². The van der Waals surface area contributed by atoms with Crippen LogP contribution in [-0.4, -0.2) is 22.7 Å². The molecule has 0 N–H and O–H groups in total. The lowest BCUT2D eigenvalue weighted by Gasteiger charge is -2.29. The molecule has 1 heterocycles. The second kappa shape index (κ2) is 7.12. The van der Waals surface area contributed by atoms with Crippen molar-refractivity contribution in [3.05, 3.63) is 58.6 Å². The Morgan fingerprint density at radius 2 is 1.92 bits per heavy atom. The lowest BCUT2D eigenvalue weighted by atomic mass is 10.3. The minimum Gasteiger partial charge on any atom is -0.273 e. The molecule has 0 spiro atoms. The van der Waals surface area contributed by atoms with Crippen LogP contribution in [0.2, 0.25) is 10.0 Å². The van der Waals surface area contributed by atoms with E-state index >= 15 is 0 Å². The molecule has 1 aliphatic heterocycles. The molecule has 132 valence electrons. The normalized spacial score (nSPS) is 23.5. The zero-order valence-electron chi connectivity index (χ0n) is 13.6. The predicted octanol–water partition coefficient (Wildman–Crippen LogP) is 4.59. The third-order valence-corrected chi connectivity index (χ3v) is 7.44. The van der Waals surface area contributed by atoms with Gasteiger partial charge in [-0.05, 0) is 30.3 Å². The first-order valence-electron chi connectivity index (χ1n) is 7.53. The largest absolute Gasteiger partial charge is 0.273 e. The number of amides is 2. The lowest BCUT2D eigenvalue weighted by Crippen LogP contribution is -2.31. The van der Waals surface area contributed by atoms with E-state index in [0.29, 0.717) is 15.6 Å². The van der Waals surface area contributed by atoms with E-state index in [0.717, 1.165) is 0 Å². The first-order valence-corrected chi connectivity index (χ1v) is 10.1. The zero-order valence-corrected chi connectivity index (χ0v) is 16.0. The van der Waals surface area contributed by atoms with Gasteiger partial charge in [-0.25, -0.2) is 0 Å². The molecule has 2 amide bonds. The van der Waals surface area contributed by atoms with Gasteiger partial charge in [-0.2, -0.15) is 10.3 Å². The minimum absolute atomic E-state index is 0.0914. The number of halogens is 2. The van der Waals surface area contributed by atoms with Crippen LogP contribution >= 0.6 is 33.2 Å². The van der Waals surface area contributed by atoms with Gasteiger partial charge in [0.1, 0.15) is 5.40 Å². The Labute approximate surface area is 162 Å². The van der Waals surface area contributed by atoms with Gasteiger partial charge in [0.15, 0.2) is 5.17 Å². The number of benzene rings is 2. The average molecular weight is 406 g/mol. The van der Waals surface area contributed by atoms with E-state index in [1.165, 1.54) is 17.9 Å². The summed E-state index contributed by atoms with van der Waals surface area (Å²) in [4.78, 5) is 30.5. The molecule has 2 aromatic carbocycles. The number of rotatable bonds is 2. The summed E-state index contributed by atoms with van der Waals surface area (Å²) in [5.41, 5.74) is 0.548. The summed E-state index contributed by atoms with van der Waals surface area (Å²) in [5, 5.41) is 13.1. The van der Waals surface area contributed by atoms with Crippen molar-refractivity contribution >= 4 is 55.9 Å². The lowest BCUT2D eigenvalue weighted by molar-refractivity contribution is -0.115. The number of carbonyl (C=O) groups excluding carboxylic acids is 2. The van der Waals surface area contributed by atoms with Crippen LogP contribution < -0.4 is 4.90 Å². The van der Waals surface area contributed by atoms with Gasteiger partial charge in [0, 0.05) is 16.8 Å². The fourth-order valence-corrected chi connectivity index (χ4v) is 6.25. The number of thiocyanates is 1. The van der Waals surface area contributed by atoms with E-state index in [1.807, 2.05) is 6.07 Å². The highest BCUT2D eigenvalue weighted by molar-refractivity contribution is 8.50. The minimum atomic E-state index is -2.59. The van der Waals surface area contributed by atoms with E-state index < -0.39 is 15.9 Å². The molecule has 2 aromatic rings. The molecule has 1 saturated heterocycles. The first kappa shape index (κ1) is 18.5. The van der Waals surface area contributed by atoms with Gasteiger partial charge in [-0.15, -0.1) is 0 Å². The SMILES string of the molecule is CC(=O)N=C1N(c2ccccc2)C(=O)CS1(C#N)c1ccc(Cl)cc1Cl. The van der Waals surface area contributed by atoms with E-state index in [-0.39, 0.29) is 21.9 Å². The number of nitriles is 1. The van der Waals surface area contributed by atoms with Gasteiger partial charge >= 0.3 is 0 Å². The van der Waals surface area contributed by atoms with Gasteiger partial charge in [0.2, 0.25) is 11.8 Å². The van der Waals surface area contributed by atoms with Crippen molar-refractivity contribution in [3.63, 3.8) is 0 Å². The van der Waals surface area contributed by atoms with Crippen molar-refractivity contribution in [1.82, 2.24) is 0 Å². The Morgan fingerprint density at radius 1 is 1.23 bits per heavy atom. The van der Waals surface area contributed by atoms with E-state index in [2.05, 4.69) is 10.4 Å². The first-order chi connectivity index (χ1) is 12.4. The molecule has 0 aromatic heterocycles. The number of nitrogens with zero attached hydrogens (tertiary/aromatic N) is 3. The maximum absolute atomic E-state index is 12.8. The van der Waals surface area contributed by atoms with Crippen LogP contribution in [0.25, 0.3) is 0 Å². The molecule has 1 fully saturated rings. The molecule has 0 bridgehead atoms. The van der Waals surface area contributed by atoms with Crippen LogP contribution in [0, 0.1) is 10.7 Å². The summed E-state index contributed by atoms with van der Waals surface area (Å²) in [6.07, 6.45) is 0. The Bertz CT molecular complexity index is 972. The molecule has 0 radical (unpaired) electrons. The molecular weight excluding hydrogens is 393 g/mol. The molecule has 26 heavy (non-hydrogen) atoms. The predicted molar refractivity (Wildman–Crippen MR) is 105 cm³/mol. The smallest absolute Gasteiger partial charge is 0.244 e. The van der Waals surface area contributed by atoms with E-state index in [4.69, 9.17) is 23.2 Å². The van der Waals surface area contributed by atoms with Crippen molar-refractivity contribution in [1.29, 1.82) is 5.26 Å². The molecule has 1 aliphatic rings. The Morgan fingerprint density at radius 3 is 2.50 bits per heavy atom. The van der Waals surface area contributed by atoms with Gasteiger partial charge in [0.25, 0.3) is 0 Å². The molecule has 8 heteroatoms.